The fourth-order valence-electron chi connectivity index (χ4n) is 3.97. The van der Waals surface area contributed by atoms with E-state index < -0.39 is 0 Å². The molecule has 0 aromatic carbocycles. The lowest BCUT2D eigenvalue weighted by Crippen LogP contribution is -2.43. The number of rotatable bonds is 3. The molecule has 2 unspecified atom stereocenters. The largest absolute Gasteiger partial charge is 0.314 e. The topological polar surface area (TPSA) is 32.6 Å². The summed E-state index contributed by atoms with van der Waals surface area (Å²) in [5.41, 5.74) is 2.25. The molecule has 0 aliphatic carbocycles. The van der Waals surface area contributed by atoms with Crippen molar-refractivity contribution in [3.63, 3.8) is 0 Å². The number of imidazole rings is 1. The van der Waals surface area contributed by atoms with Crippen molar-refractivity contribution >= 4 is 5.65 Å². The van der Waals surface area contributed by atoms with E-state index >= 15 is 0 Å². The highest BCUT2D eigenvalue weighted by molar-refractivity contribution is 5.39. The Morgan fingerprint density at radius 2 is 2.24 bits per heavy atom. The third-order valence-corrected chi connectivity index (χ3v) is 5.01. The maximum Gasteiger partial charge on any atom is 0.137 e. The van der Waals surface area contributed by atoms with Gasteiger partial charge in [0, 0.05) is 31.5 Å². The molecule has 2 fully saturated rings. The van der Waals surface area contributed by atoms with Crippen molar-refractivity contribution in [3.8, 4) is 0 Å². The van der Waals surface area contributed by atoms with E-state index in [0.29, 0.717) is 0 Å². The Kier molecular flexibility index (Phi) is 3.65. The van der Waals surface area contributed by atoms with Gasteiger partial charge in [-0.05, 0) is 56.8 Å². The summed E-state index contributed by atoms with van der Waals surface area (Å²) < 4.78 is 2.12. The molecule has 21 heavy (non-hydrogen) atoms. The fourth-order valence-corrected chi connectivity index (χ4v) is 3.97. The number of piperidine rings is 1. The van der Waals surface area contributed by atoms with Crippen LogP contribution in [0.15, 0.2) is 30.6 Å². The normalized spacial score (nSPS) is 27.4. The van der Waals surface area contributed by atoms with Gasteiger partial charge in [0.2, 0.25) is 0 Å². The second-order valence-electron chi connectivity index (χ2n) is 6.54. The second kappa shape index (κ2) is 5.78. The van der Waals surface area contributed by atoms with E-state index in [1.54, 1.807) is 0 Å². The fraction of sp³-hybridized carbons (Fsp3) is 0.588. The highest BCUT2D eigenvalue weighted by Crippen LogP contribution is 2.25. The van der Waals surface area contributed by atoms with Gasteiger partial charge in [0.25, 0.3) is 0 Å². The number of nitrogens with one attached hydrogen (secondary N) is 1. The molecule has 1 N–H and O–H groups in total. The standard InChI is InChI=1S/C17H24N4/c1-2-10-21-13-15(19-17(21)7-1)12-20-9-4-5-14(11-20)16-6-3-8-18-16/h1-2,7,10,13-14,16,18H,3-6,8-9,11-12H2. The maximum atomic E-state index is 4.74. The molecular weight excluding hydrogens is 260 g/mol. The van der Waals surface area contributed by atoms with Gasteiger partial charge in [-0.25, -0.2) is 4.98 Å². The first-order chi connectivity index (χ1) is 10.4. The molecule has 4 rings (SSSR count). The van der Waals surface area contributed by atoms with Crippen LogP contribution < -0.4 is 5.32 Å². The van der Waals surface area contributed by atoms with Crippen molar-refractivity contribution in [1.82, 2.24) is 19.6 Å². The Morgan fingerprint density at radius 3 is 3.10 bits per heavy atom. The Labute approximate surface area is 126 Å². The lowest BCUT2D eigenvalue weighted by atomic mass is 9.90. The molecule has 4 heteroatoms. The van der Waals surface area contributed by atoms with Gasteiger partial charge >= 0.3 is 0 Å². The van der Waals surface area contributed by atoms with E-state index in [9.17, 15) is 0 Å². The van der Waals surface area contributed by atoms with Crippen LogP contribution in [-0.2, 0) is 6.54 Å². The minimum Gasteiger partial charge on any atom is -0.314 e. The summed E-state index contributed by atoms with van der Waals surface area (Å²) in [5, 5.41) is 3.69. The van der Waals surface area contributed by atoms with E-state index in [-0.39, 0.29) is 0 Å². The van der Waals surface area contributed by atoms with E-state index in [1.807, 2.05) is 0 Å². The monoisotopic (exact) mass is 284 g/mol. The van der Waals surface area contributed by atoms with Crippen LogP contribution in [-0.4, -0.2) is 40.0 Å². The first kappa shape index (κ1) is 13.3. The van der Waals surface area contributed by atoms with Crippen LogP contribution >= 0.6 is 0 Å². The van der Waals surface area contributed by atoms with Crippen LogP contribution in [0.5, 0.6) is 0 Å². The van der Waals surface area contributed by atoms with Crippen molar-refractivity contribution in [1.29, 1.82) is 0 Å². The average molecular weight is 284 g/mol. The summed E-state index contributed by atoms with van der Waals surface area (Å²) in [5.74, 6) is 0.832. The van der Waals surface area contributed by atoms with Crippen LogP contribution in [0.2, 0.25) is 0 Å². The van der Waals surface area contributed by atoms with Gasteiger partial charge in [0.05, 0.1) is 5.69 Å². The highest BCUT2D eigenvalue weighted by atomic mass is 15.2. The Morgan fingerprint density at radius 1 is 1.24 bits per heavy atom. The quantitative estimate of drug-likeness (QED) is 0.938. The van der Waals surface area contributed by atoms with Crippen molar-refractivity contribution in [2.45, 2.75) is 38.3 Å². The highest BCUT2D eigenvalue weighted by Gasteiger charge is 2.29. The smallest absolute Gasteiger partial charge is 0.137 e. The van der Waals surface area contributed by atoms with E-state index in [1.165, 1.54) is 51.0 Å². The van der Waals surface area contributed by atoms with Crippen LogP contribution in [0.25, 0.3) is 5.65 Å². The lowest BCUT2D eigenvalue weighted by molar-refractivity contribution is 0.144. The van der Waals surface area contributed by atoms with Gasteiger partial charge in [-0.1, -0.05) is 6.07 Å². The first-order valence-electron chi connectivity index (χ1n) is 8.27. The van der Waals surface area contributed by atoms with Crippen molar-refractivity contribution in [3.05, 3.63) is 36.3 Å². The number of hydrogen-bond acceptors (Lipinski definition) is 3. The maximum absolute atomic E-state index is 4.74. The van der Waals surface area contributed by atoms with Gasteiger partial charge in [0.15, 0.2) is 0 Å². The Balaban J connectivity index is 1.43. The van der Waals surface area contributed by atoms with Crippen LogP contribution in [0, 0.1) is 5.92 Å². The van der Waals surface area contributed by atoms with Crippen LogP contribution in [0.1, 0.15) is 31.4 Å². The van der Waals surface area contributed by atoms with Gasteiger partial charge in [-0.3, -0.25) is 4.90 Å². The second-order valence-corrected chi connectivity index (χ2v) is 6.54. The van der Waals surface area contributed by atoms with Crippen molar-refractivity contribution < 1.29 is 0 Å². The summed E-state index contributed by atoms with van der Waals surface area (Å²) in [6.45, 7) is 4.65. The molecule has 2 aromatic rings. The van der Waals surface area contributed by atoms with E-state index in [2.05, 4.69) is 45.2 Å². The van der Waals surface area contributed by atoms with Gasteiger partial charge in [-0.2, -0.15) is 0 Å². The first-order valence-corrected chi connectivity index (χ1v) is 8.27. The SMILES string of the molecule is c1ccn2cc(CN3CCCC(C4CCCN4)C3)nc2c1. The van der Waals surface area contributed by atoms with Crippen molar-refractivity contribution in [2.75, 3.05) is 19.6 Å². The molecule has 2 aromatic heterocycles. The minimum atomic E-state index is 0.758. The zero-order valence-corrected chi connectivity index (χ0v) is 12.5. The molecule has 2 atom stereocenters. The molecular formula is C17H24N4. The number of aromatic nitrogens is 2. The summed E-state index contributed by atoms with van der Waals surface area (Å²) in [4.78, 5) is 7.33. The summed E-state index contributed by atoms with van der Waals surface area (Å²) >= 11 is 0. The predicted octanol–water partition coefficient (Wildman–Crippen LogP) is 2.30. The molecule has 2 aliphatic rings. The molecule has 0 saturated carbocycles. The molecule has 4 heterocycles. The molecule has 112 valence electrons. The third-order valence-electron chi connectivity index (χ3n) is 5.01. The number of nitrogens with zero attached hydrogens (tertiary/aromatic N) is 3. The molecule has 0 amide bonds. The van der Waals surface area contributed by atoms with Gasteiger partial charge in [-0.15, -0.1) is 0 Å². The third kappa shape index (κ3) is 2.83. The summed E-state index contributed by atoms with van der Waals surface area (Å²) in [6, 6.07) is 6.94. The molecule has 2 aliphatic heterocycles. The minimum absolute atomic E-state index is 0.758. The number of fused-ring (bicyclic) bond motifs is 1. The number of hydrogen-bond donors (Lipinski definition) is 1. The molecule has 0 bridgehead atoms. The summed E-state index contributed by atoms with van der Waals surface area (Å²) in [7, 11) is 0. The number of likely N-dealkylation sites (tertiary alicyclic amines) is 1. The van der Waals surface area contributed by atoms with E-state index in [0.717, 1.165) is 24.2 Å². The van der Waals surface area contributed by atoms with Gasteiger partial charge in [0.1, 0.15) is 5.65 Å². The predicted molar refractivity (Wildman–Crippen MR) is 84.2 cm³/mol. The zero-order valence-electron chi connectivity index (χ0n) is 12.5. The van der Waals surface area contributed by atoms with Crippen LogP contribution in [0.3, 0.4) is 0 Å². The van der Waals surface area contributed by atoms with Gasteiger partial charge < -0.3 is 9.72 Å². The van der Waals surface area contributed by atoms with Crippen molar-refractivity contribution in [2.24, 2.45) is 5.92 Å². The average Bonchev–Trinajstić information content (AvgIpc) is 3.16. The van der Waals surface area contributed by atoms with Crippen LogP contribution in [0.4, 0.5) is 0 Å². The summed E-state index contributed by atoms with van der Waals surface area (Å²) in [6.07, 6.45) is 9.69. The number of pyridine rings is 1. The lowest BCUT2D eigenvalue weighted by Gasteiger charge is -2.35. The molecule has 0 radical (unpaired) electrons. The van der Waals surface area contributed by atoms with E-state index in [4.69, 9.17) is 4.98 Å². The Hall–Kier alpha value is -1.39. The Bertz CT molecular complexity index is 567. The molecule has 4 nitrogen and oxygen atoms in total. The molecule has 2 saturated heterocycles. The molecule has 0 spiro atoms. The zero-order chi connectivity index (χ0) is 14.1.